The van der Waals surface area contributed by atoms with E-state index in [4.69, 9.17) is 9.84 Å². The Labute approximate surface area is 147 Å². The average Bonchev–Trinajstić information content (AvgIpc) is 3.00. The van der Waals surface area contributed by atoms with E-state index in [1.807, 2.05) is 0 Å². The van der Waals surface area contributed by atoms with Crippen LogP contribution in [0.5, 0.6) is 0 Å². The van der Waals surface area contributed by atoms with Crippen molar-refractivity contribution in [3.8, 4) is 0 Å². The minimum Gasteiger partial charge on any atom is -0.481 e. The van der Waals surface area contributed by atoms with E-state index in [1.54, 1.807) is 6.07 Å². The van der Waals surface area contributed by atoms with Gasteiger partial charge in [-0.25, -0.2) is 9.59 Å². The summed E-state index contributed by atoms with van der Waals surface area (Å²) in [6.45, 7) is 1.42. The van der Waals surface area contributed by atoms with Gasteiger partial charge in [0.05, 0.1) is 16.4 Å². The smallest absolute Gasteiger partial charge is 0.408 e. The van der Waals surface area contributed by atoms with Crippen LogP contribution in [0.4, 0.5) is 10.5 Å². The molecule has 1 aliphatic rings. The van der Waals surface area contributed by atoms with E-state index in [-0.39, 0.29) is 30.5 Å². The van der Waals surface area contributed by atoms with Gasteiger partial charge in [0.1, 0.15) is 11.6 Å². The highest BCUT2D eigenvalue weighted by molar-refractivity contribution is 5.86. The van der Waals surface area contributed by atoms with Gasteiger partial charge < -0.3 is 20.3 Å². The number of nitro groups is 1. The summed E-state index contributed by atoms with van der Waals surface area (Å²) in [5.41, 5.74) is -1.80. The molecule has 0 saturated heterocycles. The number of benzene rings is 1. The average molecular weight is 366 g/mol. The highest BCUT2D eigenvalue weighted by Gasteiger charge is 2.49. The number of nitro benzene ring substituents is 1. The van der Waals surface area contributed by atoms with Crippen molar-refractivity contribution in [2.45, 2.75) is 37.8 Å². The number of carbonyl (C=O) groups excluding carboxylic acids is 1. The summed E-state index contributed by atoms with van der Waals surface area (Å²) in [6, 6.07) is 5.71. The molecule has 0 spiro atoms. The Hall–Kier alpha value is -3.17. The number of alkyl carbamates (subject to hydrolysis) is 1. The second-order valence-electron chi connectivity index (χ2n) is 6.15. The number of nitrogens with one attached hydrogen (secondary N) is 1. The molecule has 10 heteroatoms. The number of hydrogen-bond donors (Lipinski definition) is 3. The molecule has 0 unspecified atom stereocenters. The fourth-order valence-corrected chi connectivity index (χ4v) is 3.06. The van der Waals surface area contributed by atoms with Crippen molar-refractivity contribution in [2.75, 3.05) is 0 Å². The lowest BCUT2D eigenvalue weighted by molar-refractivity contribution is -0.386. The van der Waals surface area contributed by atoms with E-state index in [0.29, 0.717) is 0 Å². The number of carboxylic acid groups (broad SMARTS) is 2. The van der Waals surface area contributed by atoms with E-state index < -0.39 is 40.5 Å². The maximum atomic E-state index is 12.1. The van der Waals surface area contributed by atoms with Crippen LogP contribution >= 0.6 is 0 Å². The molecule has 1 aromatic rings. The maximum Gasteiger partial charge on any atom is 0.408 e. The molecule has 3 atom stereocenters. The molecule has 0 aromatic heterocycles. The van der Waals surface area contributed by atoms with Crippen molar-refractivity contribution in [1.82, 2.24) is 5.32 Å². The molecule has 1 fully saturated rings. The summed E-state index contributed by atoms with van der Waals surface area (Å²) < 4.78 is 5.09. The molecule has 3 N–H and O–H groups in total. The van der Waals surface area contributed by atoms with E-state index in [2.05, 4.69) is 5.32 Å². The fourth-order valence-electron chi connectivity index (χ4n) is 3.06. The molecule has 1 saturated carbocycles. The van der Waals surface area contributed by atoms with Gasteiger partial charge in [0, 0.05) is 6.07 Å². The molecule has 1 aliphatic carbocycles. The highest BCUT2D eigenvalue weighted by Crippen LogP contribution is 2.35. The van der Waals surface area contributed by atoms with Crippen molar-refractivity contribution < 1.29 is 34.3 Å². The minimum atomic E-state index is -1.73. The largest absolute Gasteiger partial charge is 0.481 e. The molecule has 2 rings (SSSR count). The van der Waals surface area contributed by atoms with Gasteiger partial charge in [-0.1, -0.05) is 12.1 Å². The molecule has 0 heterocycles. The van der Waals surface area contributed by atoms with Crippen LogP contribution in [0.1, 0.15) is 37.9 Å². The van der Waals surface area contributed by atoms with Crippen LogP contribution in [0.25, 0.3) is 0 Å². The first-order chi connectivity index (χ1) is 12.2. The second-order valence-corrected chi connectivity index (χ2v) is 6.15. The Balaban J connectivity index is 2.11. The quantitative estimate of drug-likeness (QED) is 0.510. The fraction of sp³-hybridized carbons (Fsp3) is 0.438. The van der Waals surface area contributed by atoms with Gasteiger partial charge in [-0.2, -0.15) is 0 Å². The summed E-state index contributed by atoms with van der Waals surface area (Å²) in [4.78, 5) is 45.2. The van der Waals surface area contributed by atoms with E-state index in [9.17, 15) is 29.6 Å². The third kappa shape index (κ3) is 3.90. The predicted molar refractivity (Wildman–Crippen MR) is 86.5 cm³/mol. The zero-order valence-electron chi connectivity index (χ0n) is 13.9. The van der Waals surface area contributed by atoms with Gasteiger partial charge in [-0.15, -0.1) is 0 Å². The maximum absolute atomic E-state index is 12.1. The monoisotopic (exact) mass is 366 g/mol. The number of nitrogens with zero attached hydrogens (tertiary/aromatic N) is 1. The van der Waals surface area contributed by atoms with Crippen LogP contribution in [-0.2, 0) is 14.3 Å². The highest BCUT2D eigenvalue weighted by atomic mass is 16.6. The molecular weight excluding hydrogens is 348 g/mol. The zero-order valence-corrected chi connectivity index (χ0v) is 13.9. The number of hydrogen-bond acceptors (Lipinski definition) is 6. The number of rotatable bonds is 6. The number of carbonyl (C=O) groups is 3. The van der Waals surface area contributed by atoms with Crippen LogP contribution < -0.4 is 5.32 Å². The summed E-state index contributed by atoms with van der Waals surface area (Å²) in [5, 5.41) is 31.7. The lowest BCUT2D eigenvalue weighted by Crippen LogP contribution is -2.53. The number of para-hydroxylation sites is 1. The minimum absolute atomic E-state index is 0.0474. The normalized spacial score (nSPS) is 23.0. The summed E-state index contributed by atoms with van der Waals surface area (Å²) in [7, 11) is 0. The van der Waals surface area contributed by atoms with Crippen molar-refractivity contribution in [2.24, 2.45) is 5.92 Å². The van der Waals surface area contributed by atoms with Gasteiger partial charge in [-0.3, -0.25) is 14.9 Å². The topological polar surface area (TPSA) is 156 Å². The lowest BCUT2D eigenvalue weighted by atomic mass is 9.96. The third-order valence-corrected chi connectivity index (χ3v) is 4.47. The first-order valence-electron chi connectivity index (χ1n) is 7.84. The Morgan fingerprint density at radius 1 is 1.35 bits per heavy atom. The van der Waals surface area contributed by atoms with Crippen molar-refractivity contribution in [1.29, 1.82) is 0 Å². The number of amides is 1. The Morgan fingerprint density at radius 2 is 2.00 bits per heavy atom. The summed E-state index contributed by atoms with van der Waals surface area (Å²) in [5.74, 6) is -3.35. The van der Waals surface area contributed by atoms with Gasteiger partial charge in [0.25, 0.3) is 5.69 Å². The summed E-state index contributed by atoms with van der Waals surface area (Å²) in [6.07, 6.45) is -2.27. The first kappa shape index (κ1) is 19.2. The van der Waals surface area contributed by atoms with Gasteiger partial charge >= 0.3 is 18.0 Å². The van der Waals surface area contributed by atoms with Crippen LogP contribution in [0.2, 0.25) is 0 Å². The lowest BCUT2D eigenvalue weighted by Gasteiger charge is -2.26. The van der Waals surface area contributed by atoms with Crippen LogP contribution in [0, 0.1) is 16.0 Å². The van der Waals surface area contributed by atoms with Gasteiger partial charge in [0.15, 0.2) is 0 Å². The number of carboxylic acids is 2. The Kier molecular flexibility index (Phi) is 5.44. The van der Waals surface area contributed by atoms with Crippen LogP contribution in [0.3, 0.4) is 0 Å². The Morgan fingerprint density at radius 3 is 2.54 bits per heavy atom. The molecule has 0 aliphatic heterocycles. The standard InChI is InChI=1S/C16H18N2O8/c1-9(11-4-2-3-5-12(11)18(24)25)26-15(23)17-16(14(21)22)7-6-10(8-16)13(19)20/h2-5,9-10H,6-8H2,1H3,(H,17,23)(H,19,20)(H,21,22)/t9-,10+,16-/m0/s1. The van der Waals surface area contributed by atoms with Gasteiger partial charge in [-0.05, 0) is 32.3 Å². The van der Waals surface area contributed by atoms with Crippen molar-refractivity contribution in [3.05, 3.63) is 39.9 Å². The van der Waals surface area contributed by atoms with E-state index in [0.717, 1.165) is 0 Å². The molecule has 0 bridgehead atoms. The number of ether oxygens (including phenoxy) is 1. The van der Waals surface area contributed by atoms with E-state index in [1.165, 1.54) is 25.1 Å². The number of aliphatic carboxylic acids is 2. The first-order valence-corrected chi connectivity index (χ1v) is 7.84. The van der Waals surface area contributed by atoms with E-state index >= 15 is 0 Å². The molecule has 1 aromatic carbocycles. The van der Waals surface area contributed by atoms with Crippen LogP contribution in [-0.4, -0.2) is 38.7 Å². The zero-order chi connectivity index (χ0) is 19.5. The molecule has 1 amide bonds. The third-order valence-electron chi connectivity index (χ3n) is 4.47. The van der Waals surface area contributed by atoms with Gasteiger partial charge in [0.2, 0.25) is 0 Å². The molecular formula is C16H18N2O8. The van der Waals surface area contributed by atoms with Crippen LogP contribution in [0.15, 0.2) is 24.3 Å². The second kappa shape index (κ2) is 7.38. The molecule has 26 heavy (non-hydrogen) atoms. The molecule has 10 nitrogen and oxygen atoms in total. The molecule has 0 radical (unpaired) electrons. The summed E-state index contributed by atoms with van der Waals surface area (Å²) >= 11 is 0. The SMILES string of the molecule is C[C@H](OC(=O)N[C@@]1(C(=O)O)CC[C@@H](C(=O)O)C1)c1ccccc1[N+](=O)[O-]. The molecule has 140 valence electrons. The Bertz CT molecular complexity index is 750. The van der Waals surface area contributed by atoms with Crippen molar-refractivity contribution in [3.63, 3.8) is 0 Å². The predicted octanol–water partition coefficient (Wildman–Crippen LogP) is 2.09. The van der Waals surface area contributed by atoms with Crippen molar-refractivity contribution >= 4 is 23.7 Å².